The van der Waals surface area contributed by atoms with Crippen molar-refractivity contribution in [1.82, 2.24) is 0 Å². The molecule has 1 aliphatic carbocycles. The van der Waals surface area contributed by atoms with E-state index in [-0.39, 0.29) is 18.5 Å². The summed E-state index contributed by atoms with van der Waals surface area (Å²) in [5, 5.41) is 9.22. The van der Waals surface area contributed by atoms with Crippen LogP contribution in [-0.4, -0.2) is 30.2 Å². The highest BCUT2D eigenvalue weighted by Crippen LogP contribution is 2.29. The van der Waals surface area contributed by atoms with Crippen LogP contribution in [0.25, 0.3) is 0 Å². The first-order chi connectivity index (χ1) is 7.63. The second kappa shape index (κ2) is 6.32. The average molecular weight is 227 g/mol. The predicted octanol–water partition coefficient (Wildman–Crippen LogP) is -0.627. The minimum absolute atomic E-state index is 0.0800. The number of nitrogens with zero attached hydrogens (tertiary/aromatic N) is 2. The third-order valence-electron chi connectivity index (χ3n) is 3.03. The van der Waals surface area contributed by atoms with Crippen LogP contribution in [0.4, 0.5) is 0 Å². The van der Waals surface area contributed by atoms with Gasteiger partial charge >= 0.3 is 0 Å². The summed E-state index contributed by atoms with van der Waals surface area (Å²) in [6.45, 7) is 0.816. The molecule has 1 aliphatic rings. The van der Waals surface area contributed by atoms with E-state index in [4.69, 9.17) is 17.2 Å². The molecule has 0 radical (unpaired) electrons. The Balaban J connectivity index is 2.49. The first-order valence-corrected chi connectivity index (χ1v) is 5.64. The van der Waals surface area contributed by atoms with Gasteiger partial charge in [0.25, 0.3) is 0 Å². The maximum absolute atomic E-state index is 9.22. The maximum Gasteiger partial charge on any atom is 0.218 e. The molecule has 16 heavy (non-hydrogen) atoms. The lowest BCUT2D eigenvalue weighted by Gasteiger charge is -2.28. The van der Waals surface area contributed by atoms with Crippen molar-refractivity contribution in [3.63, 3.8) is 0 Å². The predicted molar refractivity (Wildman–Crippen MR) is 64.8 cm³/mol. The molecule has 0 aromatic rings. The van der Waals surface area contributed by atoms with Gasteiger partial charge in [0.2, 0.25) is 5.96 Å². The summed E-state index contributed by atoms with van der Waals surface area (Å²) >= 11 is 0. The highest BCUT2D eigenvalue weighted by atomic mass is 16.3. The Morgan fingerprint density at radius 3 is 2.31 bits per heavy atom. The van der Waals surface area contributed by atoms with E-state index < -0.39 is 0 Å². The molecule has 92 valence electrons. The summed E-state index contributed by atoms with van der Waals surface area (Å²) in [6, 6.07) is 0. The molecule has 7 N–H and O–H groups in total. The van der Waals surface area contributed by atoms with Crippen LogP contribution in [0, 0.1) is 11.8 Å². The standard InChI is InChI=1S/C10H21N5O/c11-9(12)15-10(13)14-5-7-3-1-2-4-8(7)6-16/h7-8,16H,1-6H2,(H6,11,12,13,14,15). The summed E-state index contributed by atoms with van der Waals surface area (Å²) in [5.41, 5.74) is 15.9. The van der Waals surface area contributed by atoms with Crippen LogP contribution in [0.1, 0.15) is 25.7 Å². The third kappa shape index (κ3) is 4.06. The van der Waals surface area contributed by atoms with Crippen LogP contribution in [-0.2, 0) is 0 Å². The van der Waals surface area contributed by atoms with Crippen molar-refractivity contribution in [3.05, 3.63) is 0 Å². The second-order valence-corrected chi connectivity index (χ2v) is 4.22. The molecule has 1 rings (SSSR count). The maximum atomic E-state index is 9.22. The number of rotatable bonds is 3. The van der Waals surface area contributed by atoms with Crippen molar-refractivity contribution >= 4 is 11.9 Å². The Kier molecular flexibility index (Phi) is 5.04. The lowest BCUT2D eigenvalue weighted by molar-refractivity contribution is 0.139. The van der Waals surface area contributed by atoms with Gasteiger partial charge in [-0.05, 0) is 24.7 Å². The largest absolute Gasteiger partial charge is 0.396 e. The van der Waals surface area contributed by atoms with Crippen LogP contribution in [0.15, 0.2) is 9.98 Å². The van der Waals surface area contributed by atoms with E-state index >= 15 is 0 Å². The van der Waals surface area contributed by atoms with Crippen LogP contribution in [0.3, 0.4) is 0 Å². The number of nitrogens with two attached hydrogens (primary N) is 3. The second-order valence-electron chi connectivity index (χ2n) is 4.22. The van der Waals surface area contributed by atoms with Crippen molar-refractivity contribution in [2.24, 2.45) is 39.0 Å². The minimum Gasteiger partial charge on any atom is -0.396 e. The molecule has 0 amide bonds. The molecule has 6 heteroatoms. The van der Waals surface area contributed by atoms with Gasteiger partial charge in [-0.2, -0.15) is 4.99 Å². The van der Waals surface area contributed by atoms with Gasteiger partial charge < -0.3 is 22.3 Å². The summed E-state index contributed by atoms with van der Waals surface area (Å²) in [6.07, 6.45) is 4.54. The van der Waals surface area contributed by atoms with E-state index in [1.54, 1.807) is 0 Å². The Bertz CT molecular complexity index is 272. The number of hydrogen-bond acceptors (Lipinski definition) is 2. The molecule has 6 nitrogen and oxygen atoms in total. The molecule has 0 heterocycles. The molecule has 0 bridgehead atoms. The Hall–Kier alpha value is -1.30. The van der Waals surface area contributed by atoms with Gasteiger partial charge in [0, 0.05) is 13.2 Å². The van der Waals surface area contributed by atoms with Gasteiger partial charge in [0.1, 0.15) is 0 Å². The summed E-state index contributed by atoms with van der Waals surface area (Å²) in [5.74, 6) is 0.766. The van der Waals surface area contributed by atoms with Crippen molar-refractivity contribution in [3.8, 4) is 0 Å². The molecule has 0 spiro atoms. The molecular weight excluding hydrogens is 206 g/mol. The number of aliphatic imine (C=N–C) groups is 2. The molecule has 2 unspecified atom stereocenters. The average Bonchev–Trinajstić information content (AvgIpc) is 2.26. The Morgan fingerprint density at radius 2 is 1.75 bits per heavy atom. The fourth-order valence-corrected chi connectivity index (χ4v) is 2.14. The minimum atomic E-state index is -0.0800. The third-order valence-corrected chi connectivity index (χ3v) is 3.03. The first-order valence-electron chi connectivity index (χ1n) is 5.64. The van der Waals surface area contributed by atoms with Crippen molar-refractivity contribution in [2.45, 2.75) is 25.7 Å². The zero-order chi connectivity index (χ0) is 12.0. The van der Waals surface area contributed by atoms with E-state index in [1.165, 1.54) is 12.8 Å². The van der Waals surface area contributed by atoms with Gasteiger partial charge in [-0.25, -0.2) is 0 Å². The zero-order valence-corrected chi connectivity index (χ0v) is 9.47. The summed E-state index contributed by atoms with van der Waals surface area (Å²) in [7, 11) is 0. The molecule has 0 aromatic heterocycles. The number of aliphatic hydroxyl groups excluding tert-OH is 1. The SMILES string of the molecule is NC(N)=NC(N)=NCC1CCCCC1CO. The smallest absolute Gasteiger partial charge is 0.218 e. The van der Waals surface area contributed by atoms with E-state index in [0.717, 1.165) is 12.8 Å². The molecule has 0 aliphatic heterocycles. The highest BCUT2D eigenvalue weighted by Gasteiger charge is 2.23. The van der Waals surface area contributed by atoms with Crippen LogP contribution in [0.5, 0.6) is 0 Å². The highest BCUT2D eigenvalue weighted by molar-refractivity contribution is 5.92. The topological polar surface area (TPSA) is 123 Å². The van der Waals surface area contributed by atoms with Gasteiger partial charge in [0.15, 0.2) is 5.96 Å². The van der Waals surface area contributed by atoms with Gasteiger partial charge in [-0.1, -0.05) is 12.8 Å². The molecule has 0 saturated heterocycles. The van der Waals surface area contributed by atoms with Crippen molar-refractivity contribution < 1.29 is 5.11 Å². The van der Waals surface area contributed by atoms with Gasteiger partial charge in [-0.15, -0.1) is 0 Å². The van der Waals surface area contributed by atoms with Crippen LogP contribution in [0.2, 0.25) is 0 Å². The summed E-state index contributed by atoms with van der Waals surface area (Å²) in [4.78, 5) is 7.77. The van der Waals surface area contributed by atoms with Gasteiger partial charge in [0.05, 0.1) is 0 Å². The molecule has 1 saturated carbocycles. The zero-order valence-electron chi connectivity index (χ0n) is 9.47. The lowest BCUT2D eigenvalue weighted by Crippen LogP contribution is -2.28. The summed E-state index contributed by atoms with van der Waals surface area (Å²) < 4.78 is 0. The monoisotopic (exact) mass is 227 g/mol. The number of hydrogen-bond donors (Lipinski definition) is 4. The molecule has 2 atom stereocenters. The number of guanidine groups is 2. The quantitative estimate of drug-likeness (QED) is 0.378. The first kappa shape index (κ1) is 12.8. The van der Waals surface area contributed by atoms with Crippen molar-refractivity contribution in [1.29, 1.82) is 0 Å². The lowest BCUT2D eigenvalue weighted by atomic mass is 9.80. The molecular formula is C10H21N5O. The van der Waals surface area contributed by atoms with Gasteiger partial charge in [-0.3, -0.25) is 4.99 Å². The van der Waals surface area contributed by atoms with Crippen LogP contribution < -0.4 is 17.2 Å². The fraction of sp³-hybridized carbons (Fsp3) is 0.800. The molecule has 0 aromatic carbocycles. The van der Waals surface area contributed by atoms with E-state index in [0.29, 0.717) is 18.4 Å². The Labute approximate surface area is 95.6 Å². The van der Waals surface area contributed by atoms with E-state index in [9.17, 15) is 5.11 Å². The van der Waals surface area contributed by atoms with Crippen LogP contribution >= 0.6 is 0 Å². The number of aliphatic hydroxyl groups is 1. The van der Waals surface area contributed by atoms with Crippen molar-refractivity contribution in [2.75, 3.05) is 13.2 Å². The fourth-order valence-electron chi connectivity index (χ4n) is 2.14. The van der Waals surface area contributed by atoms with E-state index in [1.807, 2.05) is 0 Å². The molecule has 1 fully saturated rings. The van der Waals surface area contributed by atoms with E-state index in [2.05, 4.69) is 9.98 Å². The normalized spacial score (nSPS) is 26.4. The Morgan fingerprint density at radius 1 is 1.12 bits per heavy atom.